The van der Waals surface area contributed by atoms with Crippen LogP contribution in [0.15, 0.2) is 53.4 Å². The fraction of sp³-hybridized carbons (Fsp3) is 0.211. The third-order valence-electron chi connectivity index (χ3n) is 3.76. The van der Waals surface area contributed by atoms with Crippen molar-refractivity contribution in [2.45, 2.75) is 19.8 Å². The molecule has 2 aromatic rings. The second-order valence-electron chi connectivity index (χ2n) is 5.73. The van der Waals surface area contributed by atoms with Gasteiger partial charge in [-0.2, -0.15) is 0 Å². The van der Waals surface area contributed by atoms with Crippen LogP contribution in [0.1, 0.15) is 36.5 Å². The number of aliphatic imine (C=N–C) groups is 1. The lowest BCUT2D eigenvalue weighted by Gasteiger charge is -2.10. The van der Waals surface area contributed by atoms with E-state index < -0.39 is 5.97 Å². The first-order valence-corrected chi connectivity index (χ1v) is 7.69. The lowest BCUT2D eigenvalue weighted by atomic mass is 10.00. The molecule has 0 unspecified atom stereocenters. The van der Waals surface area contributed by atoms with E-state index in [4.69, 9.17) is 9.47 Å². The summed E-state index contributed by atoms with van der Waals surface area (Å²) in [6, 6.07) is 9.41. The van der Waals surface area contributed by atoms with Crippen molar-refractivity contribution in [2.75, 3.05) is 7.11 Å². The first-order valence-electron chi connectivity index (χ1n) is 7.69. The standard InChI is InChI=1S/C19H18N2O3/c1-12(2)14-4-5-17(23-3)15(10-14)11-16-19(22)24-18(21-16)13-6-8-20-9-7-13/h4-12H,1-3H3/b16-11-. The number of rotatable bonds is 4. The zero-order chi connectivity index (χ0) is 17.1. The van der Waals surface area contributed by atoms with Gasteiger partial charge in [0.15, 0.2) is 5.70 Å². The van der Waals surface area contributed by atoms with E-state index in [0.29, 0.717) is 17.2 Å². The molecule has 1 aliphatic heterocycles. The van der Waals surface area contributed by atoms with Crippen molar-refractivity contribution in [3.05, 3.63) is 65.1 Å². The highest BCUT2D eigenvalue weighted by Gasteiger charge is 2.24. The number of carbonyl (C=O) groups is 1. The zero-order valence-electron chi connectivity index (χ0n) is 13.8. The Morgan fingerprint density at radius 3 is 2.58 bits per heavy atom. The molecule has 2 heterocycles. The van der Waals surface area contributed by atoms with Gasteiger partial charge in [-0.1, -0.05) is 19.9 Å². The van der Waals surface area contributed by atoms with E-state index in [1.165, 1.54) is 0 Å². The summed E-state index contributed by atoms with van der Waals surface area (Å²) >= 11 is 0. The topological polar surface area (TPSA) is 60.8 Å². The predicted octanol–water partition coefficient (Wildman–Crippen LogP) is 3.56. The van der Waals surface area contributed by atoms with E-state index >= 15 is 0 Å². The van der Waals surface area contributed by atoms with Crippen LogP contribution in [-0.2, 0) is 9.53 Å². The number of ether oxygens (including phenoxy) is 2. The number of aromatic nitrogens is 1. The monoisotopic (exact) mass is 322 g/mol. The van der Waals surface area contributed by atoms with Crippen LogP contribution >= 0.6 is 0 Å². The Morgan fingerprint density at radius 2 is 1.92 bits per heavy atom. The number of esters is 1. The maximum Gasteiger partial charge on any atom is 0.363 e. The van der Waals surface area contributed by atoms with Crippen molar-refractivity contribution in [1.29, 1.82) is 0 Å². The maximum absolute atomic E-state index is 12.1. The average Bonchev–Trinajstić information content (AvgIpc) is 2.96. The molecular formula is C19H18N2O3. The summed E-state index contributed by atoms with van der Waals surface area (Å²) in [5, 5.41) is 0. The highest BCUT2D eigenvalue weighted by atomic mass is 16.6. The molecule has 0 saturated heterocycles. The first kappa shape index (κ1) is 15.9. The number of hydrogen-bond donors (Lipinski definition) is 0. The molecule has 3 rings (SSSR count). The van der Waals surface area contributed by atoms with Gasteiger partial charge in [0.05, 0.1) is 7.11 Å². The molecule has 0 amide bonds. The molecule has 0 aliphatic carbocycles. The number of hydrogen-bond acceptors (Lipinski definition) is 5. The molecule has 0 saturated carbocycles. The van der Waals surface area contributed by atoms with Gasteiger partial charge in [0.2, 0.25) is 5.90 Å². The summed E-state index contributed by atoms with van der Waals surface area (Å²) in [6.45, 7) is 4.23. The van der Waals surface area contributed by atoms with Crippen LogP contribution < -0.4 is 4.74 Å². The van der Waals surface area contributed by atoms with Gasteiger partial charge in [-0.3, -0.25) is 4.98 Å². The fourth-order valence-corrected chi connectivity index (χ4v) is 2.40. The predicted molar refractivity (Wildman–Crippen MR) is 91.9 cm³/mol. The molecule has 1 aliphatic rings. The summed E-state index contributed by atoms with van der Waals surface area (Å²) in [6.07, 6.45) is 4.95. The Labute approximate surface area is 140 Å². The molecule has 0 bridgehead atoms. The molecule has 0 radical (unpaired) electrons. The summed E-state index contributed by atoms with van der Waals surface area (Å²) in [5.74, 6) is 0.873. The molecular weight excluding hydrogens is 304 g/mol. The van der Waals surface area contributed by atoms with E-state index in [1.54, 1.807) is 37.7 Å². The maximum atomic E-state index is 12.1. The molecule has 1 aromatic heterocycles. The van der Waals surface area contributed by atoms with Crippen molar-refractivity contribution in [3.8, 4) is 5.75 Å². The van der Waals surface area contributed by atoms with E-state index in [2.05, 4.69) is 23.8 Å². The van der Waals surface area contributed by atoms with Gasteiger partial charge in [0.1, 0.15) is 5.75 Å². The average molecular weight is 322 g/mol. The molecule has 24 heavy (non-hydrogen) atoms. The van der Waals surface area contributed by atoms with Crippen molar-refractivity contribution in [2.24, 2.45) is 4.99 Å². The summed E-state index contributed by atoms with van der Waals surface area (Å²) in [7, 11) is 1.60. The smallest absolute Gasteiger partial charge is 0.363 e. The Bertz CT molecular complexity index is 824. The van der Waals surface area contributed by atoms with Crippen LogP contribution in [-0.4, -0.2) is 24.0 Å². The Hall–Kier alpha value is -2.95. The zero-order valence-corrected chi connectivity index (χ0v) is 13.8. The Kier molecular flexibility index (Phi) is 4.42. The van der Waals surface area contributed by atoms with E-state index in [0.717, 1.165) is 11.1 Å². The lowest BCUT2D eigenvalue weighted by Crippen LogP contribution is -2.05. The minimum atomic E-state index is -0.473. The highest BCUT2D eigenvalue weighted by Crippen LogP contribution is 2.28. The van der Waals surface area contributed by atoms with Gasteiger partial charge < -0.3 is 9.47 Å². The van der Waals surface area contributed by atoms with E-state index in [1.807, 2.05) is 18.2 Å². The van der Waals surface area contributed by atoms with Gasteiger partial charge in [-0.15, -0.1) is 0 Å². The Balaban J connectivity index is 2.00. The van der Waals surface area contributed by atoms with E-state index in [-0.39, 0.29) is 11.6 Å². The van der Waals surface area contributed by atoms with Crippen LogP contribution in [0.5, 0.6) is 5.75 Å². The van der Waals surface area contributed by atoms with Crippen molar-refractivity contribution < 1.29 is 14.3 Å². The van der Waals surface area contributed by atoms with Gasteiger partial charge in [-0.05, 0) is 41.8 Å². The SMILES string of the molecule is COc1ccc(C(C)C)cc1/C=C1\N=C(c2ccncc2)OC1=O. The quantitative estimate of drug-likeness (QED) is 0.638. The van der Waals surface area contributed by atoms with Crippen molar-refractivity contribution >= 4 is 17.9 Å². The molecule has 0 N–H and O–H groups in total. The molecule has 0 fully saturated rings. The van der Waals surface area contributed by atoms with Crippen LogP contribution in [0.4, 0.5) is 0 Å². The summed E-state index contributed by atoms with van der Waals surface area (Å²) in [5.41, 5.74) is 2.92. The summed E-state index contributed by atoms with van der Waals surface area (Å²) in [4.78, 5) is 20.4. The van der Waals surface area contributed by atoms with Gasteiger partial charge >= 0.3 is 5.97 Å². The lowest BCUT2D eigenvalue weighted by molar-refractivity contribution is -0.129. The number of nitrogens with zero attached hydrogens (tertiary/aromatic N) is 2. The van der Waals surface area contributed by atoms with E-state index in [9.17, 15) is 4.79 Å². The minimum absolute atomic E-state index is 0.251. The molecule has 5 heteroatoms. The molecule has 122 valence electrons. The second-order valence-corrected chi connectivity index (χ2v) is 5.73. The molecule has 0 atom stereocenters. The number of pyridine rings is 1. The highest BCUT2D eigenvalue weighted by molar-refractivity contribution is 6.12. The Morgan fingerprint density at radius 1 is 1.17 bits per heavy atom. The van der Waals surface area contributed by atoms with Crippen LogP contribution in [0.2, 0.25) is 0 Å². The third-order valence-corrected chi connectivity index (χ3v) is 3.76. The minimum Gasteiger partial charge on any atom is -0.496 e. The van der Waals surface area contributed by atoms with Gasteiger partial charge in [0, 0.05) is 23.5 Å². The van der Waals surface area contributed by atoms with Crippen LogP contribution in [0.25, 0.3) is 6.08 Å². The number of methoxy groups -OCH3 is 1. The largest absolute Gasteiger partial charge is 0.496 e. The second kappa shape index (κ2) is 6.66. The van der Waals surface area contributed by atoms with Gasteiger partial charge in [-0.25, -0.2) is 9.79 Å². The normalized spacial score (nSPS) is 15.6. The number of carbonyl (C=O) groups excluding carboxylic acids is 1. The summed E-state index contributed by atoms with van der Waals surface area (Å²) < 4.78 is 10.6. The molecule has 5 nitrogen and oxygen atoms in total. The number of cyclic esters (lactones) is 1. The van der Waals surface area contributed by atoms with Crippen LogP contribution in [0, 0.1) is 0 Å². The number of benzene rings is 1. The van der Waals surface area contributed by atoms with Crippen LogP contribution in [0.3, 0.4) is 0 Å². The van der Waals surface area contributed by atoms with Crippen molar-refractivity contribution in [3.63, 3.8) is 0 Å². The van der Waals surface area contributed by atoms with Crippen molar-refractivity contribution in [1.82, 2.24) is 4.98 Å². The molecule has 0 spiro atoms. The molecule has 1 aromatic carbocycles. The third kappa shape index (κ3) is 3.20. The fourth-order valence-electron chi connectivity index (χ4n) is 2.40. The first-order chi connectivity index (χ1) is 11.6. The van der Waals surface area contributed by atoms with Gasteiger partial charge in [0.25, 0.3) is 0 Å².